The van der Waals surface area contributed by atoms with E-state index in [0.717, 1.165) is 17.1 Å². The molecule has 6 heteroatoms. The third-order valence-corrected chi connectivity index (χ3v) is 4.32. The highest BCUT2D eigenvalue weighted by atomic mass is 32.2. The van der Waals surface area contributed by atoms with E-state index in [9.17, 15) is 13.2 Å². The Hall–Kier alpha value is -0.880. The van der Waals surface area contributed by atoms with Crippen molar-refractivity contribution in [2.45, 2.75) is 31.8 Å². The van der Waals surface area contributed by atoms with E-state index < -0.39 is 6.36 Å². The van der Waals surface area contributed by atoms with Gasteiger partial charge >= 0.3 is 6.36 Å². The SMILES string of the molecule is CC1(C)CSCC(c2ccc(OC(F)(F)F)cc2)N1. The van der Waals surface area contributed by atoms with E-state index in [-0.39, 0.29) is 17.3 Å². The van der Waals surface area contributed by atoms with Crippen LogP contribution in [-0.4, -0.2) is 23.4 Å². The maximum atomic E-state index is 12.1. The lowest BCUT2D eigenvalue weighted by Crippen LogP contribution is -2.48. The molecular weight excluding hydrogens is 275 g/mol. The van der Waals surface area contributed by atoms with Crippen LogP contribution in [0.4, 0.5) is 13.2 Å². The summed E-state index contributed by atoms with van der Waals surface area (Å²) in [5.41, 5.74) is 1.02. The highest BCUT2D eigenvalue weighted by molar-refractivity contribution is 7.99. The van der Waals surface area contributed by atoms with Gasteiger partial charge in [-0.1, -0.05) is 12.1 Å². The van der Waals surface area contributed by atoms with Crippen LogP contribution < -0.4 is 10.1 Å². The smallest absolute Gasteiger partial charge is 0.406 e. The highest BCUT2D eigenvalue weighted by Crippen LogP contribution is 2.30. The summed E-state index contributed by atoms with van der Waals surface area (Å²) in [6, 6.07) is 6.24. The third-order valence-electron chi connectivity index (χ3n) is 2.83. The molecule has 2 nitrogen and oxygen atoms in total. The van der Waals surface area contributed by atoms with E-state index in [1.54, 1.807) is 12.1 Å². The lowest BCUT2D eigenvalue weighted by molar-refractivity contribution is -0.274. The summed E-state index contributed by atoms with van der Waals surface area (Å²) in [6.45, 7) is 4.24. The zero-order valence-corrected chi connectivity index (χ0v) is 11.6. The molecule has 0 saturated carbocycles. The number of nitrogens with one attached hydrogen (secondary N) is 1. The minimum absolute atomic E-state index is 0.0364. The molecule has 1 aromatic carbocycles. The number of ether oxygens (including phenoxy) is 1. The van der Waals surface area contributed by atoms with E-state index in [1.165, 1.54) is 12.1 Å². The fourth-order valence-electron chi connectivity index (χ4n) is 2.07. The Morgan fingerprint density at radius 1 is 1.26 bits per heavy atom. The van der Waals surface area contributed by atoms with Crippen LogP contribution in [0.15, 0.2) is 24.3 Å². The van der Waals surface area contributed by atoms with Crippen molar-refractivity contribution in [2.75, 3.05) is 11.5 Å². The number of hydrogen-bond donors (Lipinski definition) is 1. The number of rotatable bonds is 2. The van der Waals surface area contributed by atoms with Crippen molar-refractivity contribution in [1.29, 1.82) is 0 Å². The predicted molar refractivity (Wildman–Crippen MR) is 70.4 cm³/mol. The van der Waals surface area contributed by atoms with Crippen LogP contribution >= 0.6 is 11.8 Å². The molecule has 1 fully saturated rings. The van der Waals surface area contributed by atoms with Crippen LogP contribution in [0.3, 0.4) is 0 Å². The van der Waals surface area contributed by atoms with Crippen LogP contribution in [0.2, 0.25) is 0 Å². The van der Waals surface area contributed by atoms with Crippen LogP contribution in [0.5, 0.6) is 5.75 Å². The fraction of sp³-hybridized carbons (Fsp3) is 0.538. The molecule has 1 atom stereocenters. The lowest BCUT2D eigenvalue weighted by Gasteiger charge is -2.37. The number of benzene rings is 1. The molecule has 19 heavy (non-hydrogen) atoms. The first-order valence-corrected chi connectivity index (χ1v) is 7.12. The summed E-state index contributed by atoms with van der Waals surface area (Å²) in [5.74, 6) is 1.76. The Morgan fingerprint density at radius 2 is 1.89 bits per heavy atom. The quantitative estimate of drug-likeness (QED) is 0.897. The van der Waals surface area contributed by atoms with Crippen molar-refractivity contribution in [3.05, 3.63) is 29.8 Å². The molecule has 0 aliphatic carbocycles. The molecule has 1 unspecified atom stereocenters. The van der Waals surface area contributed by atoms with Crippen LogP contribution in [0.25, 0.3) is 0 Å². The second-order valence-corrected chi connectivity index (χ2v) is 6.24. The largest absolute Gasteiger partial charge is 0.573 e. The van der Waals surface area contributed by atoms with Gasteiger partial charge in [-0.3, -0.25) is 0 Å². The van der Waals surface area contributed by atoms with E-state index in [4.69, 9.17) is 0 Å². The van der Waals surface area contributed by atoms with Crippen molar-refractivity contribution in [2.24, 2.45) is 0 Å². The average Bonchev–Trinajstić information content (AvgIpc) is 2.26. The average molecular weight is 291 g/mol. The summed E-state index contributed by atoms with van der Waals surface area (Å²) >= 11 is 1.85. The molecule has 0 bridgehead atoms. The molecule has 0 spiro atoms. The highest BCUT2D eigenvalue weighted by Gasteiger charge is 2.31. The lowest BCUT2D eigenvalue weighted by atomic mass is 10.0. The van der Waals surface area contributed by atoms with Gasteiger partial charge in [0.25, 0.3) is 0 Å². The molecule has 1 aliphatic rings. The van der Waals surface area contributed by atoms with E-state index in [1.807, 2.05) is 11.8 Å². The van der Waals surface area contributed by atoms with Gasteiger partial charge in [-0.05, 0) is 31.5 Å². The number of alkyl halides is 3. The fourth-order valence-corrected chi connectivity index (χ4v) is 3.29. The molecule has 0 radical (unpaired) electrons. The van der Waals surface area contributed by atoms with Gasteiger partial charge in [0, 0.05) is 23.1 Å². The van der Waals surface area contributed by atoms with E-state index in [0.29, 0.717) is 0 Å². The Bertz CT molecular complexity index is 431. The van der Waals surface area contributed by atoms with Crippen LogP contribution in [-0.2, 0) is 0 Å². The van der Waals surface area contributed by atoms with Gasteiger partial charge in [-0.2, -0.15) is 11.8 Å². The molecule has 1 heterocycles. The normalized spacial score (nSPS) is 23.1. The Labute approximate surface area is 114 Å². The first kappa shape index (κ1) is 14.5. The summed E-state index contributed by atoms with van der Waals surface area (Å²) in [7, 11) is 0. The Balaban J connectivity index is 2.06. The molecule has 0 aromatic heterocycles. The van der Waals surface area contributed by atoms with Gasteiger partial charge in [0.15, 0.2) is 0 Å². The number of thioether (sulfide) groups is 1. The van der Waals surface area contributed by atoms with Crippen molar-refractivity contribution in [3.8, 4) is 5.75 Å². The molecule has 1 aromatic rings. The molecule has 1 N–H and O–H groups in total. The maximum absolute atomic E-state index is 12.1. The van der Waals surface area contributed by atoms with Gasteiger partial charge in [-0.25, -0.2) is 0 Å². The van der Waals surface area contributed by atoms with Gasteiger partial charge in [-0.15, -0.1) is 13.2 Å². The van der Waals surface area contributed by atoms with Crippen LogP contribution in [0, 0.1) is 0 Å². The number of halogens is 3. The Morgan fingerprint density at radius 3 is 2.42 bits per heavy atom. The molecule has 2 rings (SSSR count). The Kier molecular flexibility index (Phi) is 4.01. The molecule has 106 valence electrons. The van der Waals surface area contributed by atoms with Crippen molar-refractivity contribution in [1.82, 2.24) is 5.32 Å². The summed E-state index contributed by atoms with van der Waals surface area (Å²) in [6.07, 6.45) is -4.64. The second-order valence-electron chi connectivity index (χ2n) is 5.21. The predicted octanol–water partition coefficient (Wildman–Crippen LogP) is 3.74. The minimum atomic E-state index is -4.64. The van der Waals surface area contributed by atoms with Crippen molar-refractivity contribution in [3.63, 3.8) is 0 Å². The van der Waals surface area contributed by atoms with Gasteiger partial charge in [0.2, 0.25) is 0 Å². The van der Waals surface area contributed by atoms with Crippen molar-refractivity contribution >= 4 is 11.8 Å². The molecule has 1 saturated heterocycles. The molecular formula is C13H16F3NOS. The monoisotopic (exact) mass is 291 g/mol. The minimum Gasteiger partial charge on any atom is -0.406 e. The number of hydrogen-bond acceptors (Lipinski definition) is 3. The zero-order valence-electron chi connectivity index (χ0n) is 10.8. The standard InChI is InChI=1S/C13H16F3NOS/c1-12(2)8-19-7-11(17-12)9-3-5-10(6-4-9)18-13(14,15)16/h3-6,11,17H,7-8H2,1-2H3. The van der Waals surface area contributed by atoms with Gasteiger partial charge in [0.1, 0.15) is 5.75 Å². The topological polar surface area (TPSA) is 21.3 Å². The first-order chi connectivity index (χ1) is 8.75. The third kappa shape index (κ3) is 4.31. The van der Waals surface area contributed by atoms with Gasteiger partial charge in [0.05, 0.1) is 0 Å². The van der Waals surface area contributed by atoms with Gasteiger partial charge < -0.3 is 10.1 Å². The maximum Gasteiger partial charge on any atom is 0.573 e. The zero-order chi connectivity index (χ0) is 14.1. The van der Waals surface area contributed by atoms with Crippen LogP contribution in [0.1, 0.15) is 25.5 Å². The molecule has 0 amide bonds. The summed E-state index contributed by atoms with van der Waals surface area (Å²) in [5, 5.41) is 3.49. The van der Waals surface area contributed by atoms with Crippen molar-refractivity contribution < 1.29 is 17.9 Å². The second kappa shape index (κ2) is 5.25. The summed E-state index contributed by atoms with van der Waals surface area (Å²) < 4.78 is 40.0. The van der Waals surface area contributed by atoms with E-state index in [2.05, 4.69) is 23.9 Å². The molecule has 1 aliphatic heterocycles. The van der Waals surface area contributed by atoms with E-state index >= 15 is 0 Å². The summed E-state index contributed by atoms with van der Waals surface area (Å²) in [4.78, 5) is 0. The first-order valence-electron chi connectivity index (χ1n) is 5.96.